The highest BCUT2D eigenvalue weighted by atomic mass is 16.2. The van der Waals surface area contributed by atoms with E-state index in [4.69, 9.17) is 22.3 Å². The molecule has 4 heteroatoms. The molecular weight excluding hydrogens is 226 g/mol. The average Bonchev–Trinajstić information content (AvgIpc) is 2.35. The molecule has 0 amide bonds. The Labute approximate surface area is 106 Å². The predicted octanol–water partition coefficient (Wildman–Crippen LogP) is 1.64. The van der Waals surface area contributed by atoms with Gasteiger partial charge >= 0.3 is 0 Å². The summed E-state index contributed by atoms with van der Waals surface area (Å²) < 4.78 is 0. The molecule has 0 atom stereocenters. The number of nitrogens with two attached hydrogens (primary N) is 3. The van der Waals surface area contributed by atoms with E-state index in [1.54, 1.807) is 6.07 Å². The number of aliphatic hydroxyl groups is 1. The zero-order valence-corrected chi connectivity index (χ0v) is 10.1. The van der Waals surface area contributed by atoms with Gasteiger partial charge in [0.2, 0.25) is 0 Å². The van der Waals surface area contributed by atoms with Crippen molar-refractivity contribution in [3.8, 4) is 11.1 Å². The van der Waals surface area contributed by atoms with Crippen molar-refractivity contribution in [3.05, 3.63) is 42.0 Å². The molecule has 0 radical (unpaired) electrons. The molecule has 7 N–H and O–H groups in total. The molecule has 0 spiro atoms. The first kappa shape index (κ1) is 12.3. The summed E-state index contributed by atoms with van der Waals surface area (Å²) in [5.74, 6) is 0. The first-order valence-electron chi connectivity index (χ1n) is 5.76. The quantitative estimate of drug-likeness (QED) is 0.616. The van der Waals surface area contributed by atoms with Gasteiger partial charge in [0.05, 0.1) is 11.4 Å². The average molecular weight is 243 g/mol. The van der Waals surface area contributed by atoms with Crippen LogP contribution in [0.2, 0.25) is 0 Å². The van der Waals surface area contributed by atoms with E-state index in [0.717, 1.165) is 16.7 Å². The highest BCUT2D eigenvalue weighted by molar-refractivity contribution is 5.85. The Kier molecular flexibility index (Phi) is 3.39. The molecule has 0 aliphatic carbocycles. The Balaban J connectivity index is 2.51. The highest BCUT2D eigenvalue weighted by Gasteiger charge is 2.08. The Morgan fingerprint density at radius 3 is 2.22 bits per heavy atom. The van der Waals surface area contributed by atoms with E-state index in [1.807, 2.05) is 30.3 Å². The minimum atomic E-state index is 0.0878. The fraction of sp³-hybridized carbons (Fsp3) is 0.143. The van der Waals surface area contributed by atoms with Gasteiger partial charge in [-0.05, 0) is 41.8 Å². The third kappa shape index (κ3) is 2.38. The summed E-state index contributed by atoms with van der Waals surface area (Å²) in [6.45, 7) is 0.0878. The third-order valence-corrected chi connectivity index (χ3v) is 2.89. The fourth-order valence-corrected chi connectivity index (χ4v) is 1.91. The topological polar surface area (TPSA) is 98.3 Å². The number of anilines is 3. The van der Waals surface area contributed by atoms with E-state index in [0.29, 0.717) is 23.5 Å². The van der Waals surface area contributed by atoms with Crippen LogP contribution < -0.4 is 17.2 Å². The summed E-state index contributed by atoms with van der Waals surface area (Å²) in [5.41, 5.74) is 22.2. The number of aliphatic hydroxyl groups excluding tert-OH is 1. The van der Waals surface area contributed by atoms with Crippen LogP contribution in [0.5, 0.6) is 0 Å². The van der Waals surface area contributed by atoms with Crippen LogP contribution in [0.15, 0.2) is 36.4 Å². The molecule has 18 heavy (non-hydrogen) atoms. The van der Waals surface area contributed by atoms with E-state index in [9.17, 15) is 0 Å². The van der Waals surface area contributed by atoms with Crippen molar-refractivity contribution in [1.82, 2.24) is 0 Å². The molecule has 0 saturated heterocycles. The van der Waals surface area contributed by atoms with E-state index in [-0.39, 0.29) is 6.61 Å². The summed E-state index contributed by atoms with van der Waals surface area (Å²) in [4.78, 5) is 0. The molecule has 0 aromatic heterocycles. The van der Waals surface area contributed by atoms with Crippen LogP contribution in [-0.2, 0) is 6.42 Å². The van der Waals surface area contributed by atoms with Gasteiger partial charge in [0.1, 0.15) is 0 Å². The molecule has 0 aliphatic rings. The van der Waals surface area contributed by atoms with Gasteiger partial charge in [-0.3, -0.25) is 0 Å². The summed E-state index contributed by atoms with van der Waals surface area (Å²) in [6.07, 6.45) is 0.562. The van der Waals surface area contributed by atoms with Crippen LogP contribution in [0.4, 0.5) is 17.1 Å². The maximum absolute atomic E-state index is 8.99. The molecule has 2 aromatic rings. The number of hydrogen-bond acceptors (Lipinski definition) is 4. The molecular formula is C14H17N3O. The monoisotopic (exact) mass is 243 g/mol. The number of rotatable bonds is 3. The van der Waals surface area contributed by atoms with Gasteiger partial charge in [0, 0.05) is 17.9 Å². The molecule has 0 saturated carbocycles. The third-order valence-electron chi connectivity index (χ3n) is 2.89. The smallest absolute Gasteiger partial charge is 0.0627 e. The number of nitrogen functional groups attached to an aromatic ring is 3. The SMILES string of the molecule is Nc1ccc(-c2cc(CCO)cc(N)c2N)cc1. The normalized spacial score (nSPS) is 10.5. The Morgan fingerprint density at radius 2 is 1.61 bits per heavy atom. The Morgan fingerprint density at radius 1 is 0.944 bits per heavy atom. The van der Waals surface area contributed by atoms with Crippen LogP contribution in [0.3, 0.4) is 0 Å². The molecule has 0 bridgehead atoms. The van der Waals surface area contributed by atoms with Crippen LogP contribution in [0, 0.1) is 0 Å². The van der Waals surface area contributed by atoms with Crippen LogP contribution in [-0.4, -0.2) is 11.7 Å². The second-order valence-electron chi connectivity index (χ2n) is 4.24. The van der Waals surface area contributed by atoms with Crippen LogP contribution in [0.25, 0.3) is 11.1 Å². The zero-order chi connectivity index (χ0) is 13.1. The van der Waals surface area contributed by atoms with Crippen LogP contribution in [0.1, 0.15) is 5.56 Å². The Hall–Kier alpha value is -2.20. The zero-order valence-electron chi connectivity index (χ0n) is 10.1. The van der Waals surface area contributed by atoms with Crippen molar-refractivity contribution >= 4 is 17.1 Å². The lowest BCUT2D eigenvalue weighted by Crippen LogP contribution is -2.01. The largest absolute Gasteiger partial charge is 0.399 e. The lowest BCUT2D eigenvalue weighted by atomic mass is 9.98. The predicted molar refractivity (Wildman–Crippen MR) is 75.9 cm³/mol. The van der Waals surface area contributed by atoms with Gasteiger partial charge in [-0.15, -0.1) is 0 Å². The Bertz CT molecular complexity index is 550. The van der Waals surface area contributed by atoms with Gasteiger partial charge < -0.3 is 22.3 Å². The highest BCUT2D eigenvalue weighted by Crippen LogP contribution is 2.32. The summed E-state index contributed by atoms with van der Waals surface area (Å²) >= 11 is 0. The summed E-state index contributed by atoms with van der Waals surface area (Å²) in [6, 6.07) is 11.2. The van der Waals surface area contributed by atoms with Crippen molar-refractivity contribution in [2.45, 2.75) is 6.42 Å². The van der Waals surface area contributed by atoms with Gasteiger partial charge in [-0.25, -0.2) is 0 Å². The van der Waals surface area contributed by atoms with E-state index in [2.05, 4.69) is 0 Å². The van der Waals surface area contributed by atoms with Crippen molar-refractivity contribution in [2.75, 3.05) is 23.8 Å². The molecule has 0 aliphatic heterocycles. The molecule has 4 nitrogen and oxygen atoms in total. The first-order chi connectivity index (χ1) is 8.61. The van der Waals surface area contributed by atoms with Gasteiger partial charge in [-0.1, -0.05) is 12.1 Å². The maximum Gasteiger partial charge on any atom is 0.0627 e. The molecule has 0 fully saturated rings. The van der Waals surface area contributed by atoms with Gasteiger partial charge in [-0.2, -0.15) is 0 Å². The van der Waals surface area contributed by atoms with Crippen molar-refractivity contribution in [1.29, 1.82) is 0 Å². The molecule has 0 unspecified atom stereocenters. The second-order valence-corrected chi connectivity index (χ2v) is 4.24. The van der Waals surface area contributed by atoms with Gasteiger partial charge in [0.25, 0.3) is 0 Å². The molecule has 2 rings (SSSR count). The standard InChI is InChI=1S/C14H17N3O/c15-11-3-1-10(2-4-11)12-7-9(5-6-18)8-13(16)14(12)17/h1-4,7-8,18H,5-6,15-17H2. The summed E-state index contributed by atoms with van der Waals surface area (Å²) in [7, 11) is 0. The first-order valence-corrected chi connectivity index (χ1v) is 5.76. The lowest BCUT2D eigenvalue weighted by molar-refractivity contribution is 0.299. The van der Waals surface area contributed by atoms with E-state index in [1.165, 1.54) is 0 Å². The van der Waals surface area contributed by atoms with Crippen molar-refractivity contribution in [2.24, 2.45) is 0 Å². The lowest BCUT2D eigenvalue weighted by Gasteiger charge is -2.11. The van der Waals surface area contributed by atoms with Crippen LogP contribution >= 0.6 is 0 Å². The van der Waals surface area contributed by atoms with E-state index >= 15 is 0 Å². The number of hydrogen-bond donors (Lipinski definition) is 4. The minimum Gasteiger partial charge on any atom is -0.399 e. The van der Waals surface area contributed by atoms with E-state index < -0.39 is 0 Å². The van der Waals surface area contributed by atoms with Crippen molar-refractivity contribution < 1.29 is 5.11 Å². The maximum atomic E-state index is 8.99. The summed E-state index contributed by atoms with van der Waals surface area (Å²) in [5, 5.41) is 8.99. The fourth-order valence-electron chi connectivity index (χ4n) is 1.91. The van der Waals surface area contributed by atoms with Crippen molar-refractivity contribution in [3.63, 3.8) is 0 Å². The minimum absolute atomic E-state index is 0.0878. The second kappa shape index (κ2) is 4.98. The molecule has 94 valence electrons. The molecule has 2 aromatic carbocycles. The number of benzene rings is 2. The van der Waals surface area contributed by atoms with Gasteiger partial charge in [0.15, 0.2) is 0 Å². The molecule has 0 heterocycles.